The fourth-order valence-electron chi connectivity index (χ4n) is 4.22. The van der Waals surface area contributed by atoms with Crippen LogP contribution in [-0.2, 0) is 16.1 Å². The van der Waals surface area contributed by atoms with Crippen molar-refractivity contribution in [3.8, 4) is 0 Å². The van der Waals surface area contributed by atoms with E-state index in [9.17, 15) is 9.90 Å². The van der Waals surface area contributed by atoms with Gasteiger partial charge in [-0.1, -0.05) is 36.8 Å². The van der Waals surface area contributed by atoms with Crippen molar-refractivity contribution in [1.82, 2.24) is 0 Å². The number of benzene rings is 1. The molecule has 0 bridgehead atoms. The van der Waals surface area contributed by atoms with Crippen molar-refractivity contribution in [2.75, 3.05) is 0 Å². The van der Waals surface area contributed by atoms with Gasteiger partial charge in [-0.25, -0.2) is 0 Å². The van der Waals surface area contributed by atoms with Crippen LogP contribution in [-0.4, -0.2) is 23.1 Å². The number of Topliss-reactive ketones (excluding diaryl/α,β-unsaturated/α-hetero) is 1. The normalized spacial score (nSPS) is 34.1. The Kier molecular flexibility index (Phi) is 3.89. The molecule has 3 nitrogen and oxygen atoms in total. The van der Waals surface area contributed by atoms with Crippen LogP contribution in [0.15, 0.2) is 30.3 Å². The molecule has 3 rings (SSSR count). The van der Waals surface area contributed by atoms with E-state index >= 15 is 0 Å². The monoisotopic (exact) mass is 288 g/mol. The van der Waals surface area contributed by atoms with Gasteiger partial charge in [-0.15, -0.1) is 0 Å². The highest BCUT2D eigenvalue weighted by Gasteiger charge is 2.64. The van der Waals surface area contributed by atoms with Gasteiger partial charge in [0.05, 0.1) is 24.2 Å². The Morgan fingerprint density at radius 2 is 2.05 bits per heavy atom. The lowest BCUT2D eigenvalue weighted by molar-refractivity contribution is -0.180. The molecule has 1 aromatic carbocycles. The van der Waals surface area contributed by atoms with Crippen molar-refractivity contribution in [3.05, 3.63) is 35.9 Å². The molecule has 5 atom stereocenters. The second-order valence-corrected chi connectivity index (χ2v) is 6.74. The molecule has 0 amide bonds. The number of hydrogen-bond donors (Lipinski definition) is 1. The lowest BCUT2D eigenvalue weighted by Gasteiger charge is -2.52. The average Bonchev–Trinajstić information content (AvgIpc) is 2.98. The molecule has 0 heterocycles. The van der Waals surface area contributed by atoms with Gasteiger partial charge in [0.1, 0.15) is 5.78 Å². The van der Waals surface area contributed by atoms with E-state index in [0.717, 1.165) is 24.8 Å². The molecule has 0 saturated heterocycles. The number of ketones is 1. The molecule has 2 fully saturated rings. The lowest BCUT2D eigenvalue weighted by atomic mass is 9.52. The van der Waals surface area contributed by atoms with E-state index in [-0.39, 0.29) is 17.8 Å². The maximum absolute atomic E-state index is 12.4. The second kappa shape index (κ2) is 5.54. The molecule has 0 unspecified atom stereocenters. The summed E-state index contributed by atoms with van der Waals surface area (Å²) in [5.74, 6) is 0.793. The Labute approximate surface area is 126 Å². The number of fused-ring (bicyclic) bond motifs is 1. The summed E-state index contributed by atoms with van der Waals surface area (Å²) < 4.78 is 5.81. The van der Waals surface area contributed by atoms with Gasteiger partial charge in [-0.3, -0.25) is 4.79 Å². The van der Waals surface area contributed by atoms with E-state index in [2.05, 4.69) is 0 Å². The van der Waals surface area contributed by atoms with Crippen molar-refractivity contribution in [2.24, 2.45) is 17.3 Å². The molecule has 1 aromatic rings. The first-order chi connectivity index (χ1) is 10.0. The summed E-state index contributed by atoms with van der Waals surface area (Å²) in [6.07, 6.45) is 2.14. The van der Waals surface area contributed by atoms with Crippen LogP contribution in [0.1, 0.15) is 38.7 Å². The summed E-state index contributed by atoms with van der Waals surface area (Å²) in [6.45, 7) is 4.26. The smallest absolute Gasteiger partial charge is 0.145 e. The third-order valence-electron chi connectivity index (χ3n) is 5.57. The minimum Gasteiger partial charge on any atom is -0.389 e. The predicted octanol–water partition coefficient (Wildman–Crippen LogP) is 2.96. The van der Waals surface area contributed by atoms with Crippen molar-refractivity contribution >= 4 is 5.78 Å². The Balaban J connectivity index is 1.62. The predicted molar refractivity (Wildman–Crippen MR) is 80.6 cm³/mol. The van der Waals surface area contributed by atoms with Crippen LogP contribution >= 0.6 is 0 Å². The van der Waals surface area contributed by atoms with Crippen LogP contribution in [0.3, 0.4) is 0 Å². The zero-order valence-corrected chi connectivity index (χ0v) is 12.8. The molecule has 0 aliphatic heterocycles. The number of carbonyl (C=O) groups is 1. The van der Waals surface area contributed by atoms with Gasteiger partial charge in [-0.2, -0.15) is 0 Å². The lowest BCUT2D eigenvalue weighted by Crippen LogP contribution is -2.62. The zero-order valence-electron chi connectivity index (χ0n) is 12.8. The quantitative estimate of drug-likeness (QED) is 0.906. The molecule has 3 heteroatoms. The molecule has 2 aliphatic rings. The van der Waals surface area contributed by atoms with Crippen LogP contribution in [0.25, 0.3) is 0 Å². The van der Waals surface area contributed by atoms with Gasteiger partial charge in [0, 0.05) is 5.92 Å². The summed E-state index contributed by atoms with van der Waals surface area (Å²) in [5.41, 5.74) is 0.484. The topological polar surface area (TPSA) is 46.5 Å². The number of aliphatic hydroxyl groups excluding tert-OH is 1. The van der Waals surface area contributed by atoms with E-state index in [4.69, 9.17) is 4.74 Å². The van der Waals surface area contributed by atoms with Crippen LogP contribution in [0, 0.1) is 17.3 Å². The summed E-state index contributed by atoms with van der Waals surface area (Å²) in [6, 6.07) is 9.92. The highest BCUT2D eigenvalue weighted by molar-refractivity contribution is 5.94. The number of aliphatic hydroxyl groups is 1. The third kappa shape index (κ3) is 2.33. The Morgan fingerprint density at radius 3 is 2.76 bits per heavy atom. The van der Waals surface area contributed by atoms with Gasteiger partial charge in [0.25, 0.3) is 0 Å². The Morgan fingerprint density at radius 1 is 1.33 bits per heavy atom. The fourth-order valence-corrected chi connectivity index (χ4v) is 4.22. The van der Waals surface area contributed by atoms with Gasteiger partial charge in [0.15, 0.2) is 0 Å². The fraction of sp³-hybridized carbons (Fsp3) is 0.611. The number of rotatable bonds is 5. The average molecular weight is 288 g/mol. The molecule has 1 N–H and O–H groups in total. The van der Waals surface area contributed by atoms with Crippen LogP contribution < -0.4 is 0 Å². The second-order valence-electron chi connectivity index (χ2n) is 6.74. The molecule has 0 spiro atoms. The highest BCUT2D eigenvalue weighted by atomic mass is 16.5. The summed E-state index contributed by atoms with van der Waals surface area (Å²) in [4.78, 5) is 12.4. The van der Waals surface area contributed by atoms with Crippen molar-refractivity contribution in [3.63, 3.8) is 0 Å². The maximum Gasteiger partial charge on any atom is 0.145 e. The first-order valence-corrected chi connectivity index (χ1v) is 7.93. The zero-order chi connectivity index (χ0) is 15.0. The minimum atomic E-state index is -0.715. The van der Waals surface area contributed by atoms with Crippen molar-refractivity contribution in [2.45, 2.75) is 51.9 Å². The Hall–Kier alpha value is -1.19. The van der Waals surface area contributed by atoms with E-state index in [1.807, 2.05) is 44.2 Å². The van der Waals surface area contributed by atoms with Crippen LogP contribution in [0.4, 0.5) is 0 Å². The Bertz CT molecular complexity index is 512. The highest BCUT2D eigenvalue weighted by Crippen LogP contribution is 2.58. The van der Waals surface area contributed by atoms with Gasteiger partial charge in [-0.05, 0) is 38.2 Å². The number of carbonyl (C=O) groups excluding carboxylic acids is 1. The SMILES string of the molecule is C[C@H](OCc1ccccc1)[C@@H](O)[C@@]1(C)C(=O)[C@@H]2CCC[C@@H]21. The molecule has 21 heavy (non-hydrogen) atoms. The third-order valence-corrected chi connectivity index (χ3v) is 5.57. The van der Waals surface area contributed by atoms with Crippen LogP contribution in [0.2, 0.25) is 0 Å². The van der Waals surface area contributed by atoms with E-state index in [1.54, 1.807) is 0 Å². The molecule has 0 aromatic heterocycles. The molecule has 2 aliphatic carbocycles. The molecule has 2 saturated carbocycles. The molecular formula is C18H24O3. The largest absolute Gasteiger partial charge is 0.389 e. The van der Waals surface area contributed by atoms with Gasteiger partial charge in [0.2, 0.25) is 0 Å². The first kappa shape index (κ1) is 14.7. The maximum atomic E-state index is 12.4. The molecule has 0 radical (unpaired) electrons. The molecule has 114 valence electrons. The summed E-state index contributed by atoms with van der Waals surface area (Å²) >= 11 is 0. The first-order valence-electron chi connectivity index (χ1n) is 7.93. The van der Waals surface area contributed by atoms with Crippen LogP contribution in [0.5, 0.6) is 0 Å². The van der Waals surface area contributed by atoms with E-state index in [1.165, 1.54) is 0 Å². The summed E-state index contributed by atoms with van der Waals surface area (Å²) in [7, 11) is 0. The standard InChI is InChI=1S/C18H24O3/c1-12(21-11-13-7-4-3-5-8-13)16(19)18(2)15-10-6-9-14(15)17(18)20/h3-5,7-8,12,14-16,19H,6,9-11H2,1-2H3/t12-,14+,15-,16+,18-/m0/s1. The molecular weight excluding hydrogens is 264 g/mol. The van der Waals surface area contributed by atoms with Crippen molar-refractivity contribution in [1.29, 1.82) is 0 Å². The van der Waals surface area contributed by atoms with E-state index in [0.29, 0.717) is 12.5 Å². The number of hydrogen-bond acceptors (Lipinski definition) is 3. The van der Waals surface area contributed by atoms with Gasteiger partial charge >= 0.3 is 0 Å². The number of ether oxygens (including phenoxy) is 1. The van der Waals surface area contributed by atoms with E-state index < -0.39 is 11.5 Å². The van der Waals surface area contributed by atoms with Gasteiger partial charge < -0.3 is 9.84 Å². The summed E-state index contributed by atoms with van der Waals surface area (Å²) in [5, 5.41) is 10.6. The minimum absolute atomic E-state index is 0.200. The van der Waals surface area contributed by atoms with Crippen molar-refractivity contribution < 1.29 is 14.6 Å².